The van der Waals surface area contributed by atoms with E-state index in [2.05, 4.69) is 5.32 Å². The van der Waals surface area contributed by atoms with E-state index in [9.17, 15) is 13.2 Å². The summed E-state index contributed by atoms with van der Waals surface area (Å²) in [6, 6.07) is 4.85. The van der Waals surface area contributed by atoms with Gasteiger partial charge in [0.05, 0.1) is 28.0 Å². The van der Waals surface area contributed by atoms with Crippen molar-refractivity contribution in [3.8, 4) is 0 Å². The highest BCUT2D eigenvalue weighted by molar-refractivity contribution is 7.89. The summed E-state index contributed by atoms with van der Waals surface area (Å²) >= 11 is 11.9. The molecule has 0 fully saturated rings. The van der Waals surface area contributed by atoms with Crippen LogP contribution in [-0.2, 0) is 14.8 Å². The molecule has 0 saturated carbocycles. The topological polar surface area (TPSA) is 66.5 Å². The molecule has 5 nitrogen and oxygen atoms in total. The van der Waals surface area contributed by atoms with Gasteiger partial charge >= 0.3 is 0 Å². The number of nitrogens with zero attached hydrogens (tertiary/aromatic N) is 1. The number of likely N-dealkylation sites (N-methyl/N-ethyl adjacent to an activating group) is 1. The molecule has 0 heterocycles. The molecular formula is C14H20Cl2N2O3S. The largest absolute Gasteiger partial charge is 0.322 e. The van der Waals surface area contributed by atoms with E-state index in [1.54, 1.807) is 25.1 Å². The fraction of sp³-hybridized carbons (Fsp3) is 0.500. The number of halogens is 2. The zero-order valence-electron chi connectivity index (χ0n) is 12.6. The Morgan fingerprint density at radius 1 is 1.23 bits per heavy atom. The van der Waals surface area contributed by atoms with E-state index in [1.807, 2.05) is 6.92 Å². The first kappa shape index (κ1) is 19.2. The predicted molar refractivity (Wildman–Crippen MR) is 91.0 cm³/mol. The number of benzene rings is 1. The molecule has 0 bridgehead atoms. The number of carbonyl (C=O) groups excluding carboxylic acids is 1. The number of hydrogen-bond acceptors (Lipinski definition) is 3. The summed E-state index contributed by atoms with van der Waals surface area (Å²) in [6.07, 6.45) is 1.34. The fourth-order valence-corrected chi connectivity index (χ4v) is 3.93. The van der Waals surface area contributed by atoms with Crippen LogP contribution in [0.5, 0.6) is 0 Å². The van der Waals surface area contributed by atoms with Crippen LogP contribution >= 0.6 is 23.2 Å². The van der Waals surface area contributed by atoms with Crippen LogP contribution in [-0.4, -0.2) is 37.5 Å². The van der Waals surface area contributed by atoms with Crippen molar-refractivity contribution in [1.82, 2.24) is 4.31 Å². The Labute approximate surface area is 141 Å². The molecule has 0 unspecified atom stereocenters. The number of rotatable bonds is 8. The lowest BCUT2D eigenvalue weighted by Gasteiger charge is -2.20. The molecule has 0 saturated heterocycles. The van der Waals surface area contributed by atoms with Crippen LogP contribution in [0.2, 0.25) is 10.0 Å². The molecule has 0 radical (unpaired) electrons. The first-order chi connectivity index (χ1) is 10.3. The molecule has 1 aromatic rings. The Kier molecular flexibility index (Phi) is 7.62. The van der Waals surface area contributed by atoms with Gasteiger partial charge in [-0.05, 0) is 18.6 Å². The van der Waals surface area contributed by atoms with Crippen molar-refractivity contribution in [1.29, 1.82) is 0 Å². The van der Waals surface area contributed by atoms with E-state index >= 15 is 0 Å². The van der Waals surface area contributed by atoms with Crippen LogP contribution in [0.15, 0.2) is 18.2 Å². The third kappa shape index (κ3) is 5.43. The van der Waals surface area contributed by atoms with Gasteiger partial charge in [0.25, 0.3) is 0 Å². The molecule has 0 aliphatic rings. The Bertz CT molecular complexity index is 600. The lowest BCUT2D eigenvalue weighted by Crippen LogP contribution is -2.39. The highest BCUT2D eigenvalue weighted by atomic mass is 35.5. The molecule has 0 aliphatic heterocycles. The predicted octanol–water partition coefficient (Wildman–Crippen LogP) is 3.38. The van der Waals surface area contributed by atoms with E-state index in [-0.39, 0.29) is 24.5 Å². The number of para-hydroxylation sites is 1. The second kappa shape index (κ2) is 8.72. The maximum atomic E-state index is 12.1. The molecule has 0 aliphatic carbocycles. The third-order valence-corrected chi connectivity index (χ3v) is 5.66. The van der Waals surface area contributed by atoms with Crippen molar-refractivity contribution in [2.75, 3.05) is 24.2 Å². The molecule has 0 spiro atoms. The second-order valence-electron chi connectivity index (χ2n) is 4.74. The molecule has 1 aromatic carbocycles. The summed E-state index contributed by atoms with van der Waals surface area (Å²) in [4.78, 5) is 12.1. The van der Waals surface area contributed by atoms with E-state index in [0.29, 0.717) is 16.5 Å². The Balaban J connectivity index is 2.78. The van der Waals surface area contributed by atoms with Crippen molar-refractivity contribution >= 4 is 44.8 Å². The number of nitrogens with one attached hydrogen (secondary N) is 1. The second-order valence-corrected chi connectivity index (χ2v) is 7.64. The van der Waals surface area contributed by atoms with E-state index < -0.39 is 15.9 Å². The number of amides is 1. The summed E-state index contributed by atoms with van der Waals surface area (Å²) in [5, 5.41) is 3.17. The summed E-state index contributed by atoms with van der Waals surface area (Å²) in [5.74, 6) is -0.436. The van der Waals surface area contributed by atoms with Crippen LogP contribution in [0, 0.1) is 0 Å². The molecule has 8 heteroatoms. The van der Waals surface area contributed by atoms with Gasteiger partial charge in [-0.2, -0.15) is 4.31 Å². The highest BCUT2D eigenvalue weighted by Gasteiger charge is 2.23. The summed E-state index contributed by atoms with van der Waals surface area (Å²) in [5.41, 5.74) is 0.290. The van der Waals surface area contributed by atoms with Crippen molar-refractivity contribution < 1.29 is 13.2 Å². The van der Waals surface area contributed by atoms with E-state index in [4.69, 9.17) is 23.2 Å². The van der Waals surface area contributed by atoms with Crippen LogP contribution < -0.4 is 5.32 Å². The average Bonchev–Trinajstić information content (AvgIpc) is 2.46. The number of hydrogen-bond donors (Lipinski definition) is 1. The van der Waals surface area contributed by atoms with Crippen molar-refractivity contribution in [2.45, 2.75) is 26.7 Å². The zero-order chi connectivity index (χ0) is 16.8. The number of unbranched alkanes of at least 4 members (excludes halogenated alkanes) is 1. The lowest BCUT2D eigenvalue weighted by atomic mass is 10.3. The van der Waals surface area contributed by atoms with Gasteiger partial charge in [-0.25, -0.2) is 8.42 Å². The monoisotopic (exact) mass is 366 g/mol. The minimum atomic E-state index is -3.44. The lowest BCUT2D eigenvalue weighted by molar-refractivity contribution is -0.116. The van der Waals surface area contributed by atoms with Gasteiger partial charge in [0.1, 0.15) is 0 Å². The van der Waals surface area contributed by atoms with Crippen molar-refractivity contribution in [2.24, 2.45) is 0 Å². The number of sulfonamides is 1. The van der Waals surface area contributed by atoms with Gasteiger partial charge in [-0.1, -0.05) is 49.5 Å². The Hall–Kier alpha value is -0.820. The van der Waals surface area contributed by atoms with Gasteiger partial charge in [0, 0.05) is 6.54 Å². The van der Waals surface area contributed by atoms with Gasteiger partial charge in [0.15, 0.2) is 0 Å². The molecule has 22 heavy (non-hydrogen) atoms. The van der Waals surface area contributed by atoms with Gasteiger partial charge in [-0.3, -0.25) is 4.79 Å². The first-order valence-electron chi connectivity index (χ1n) is 7.03. The molecule has 0 atom stereocenters. The minimum absolute atomic E-state index is 0.0392. The van der Waals surface area contributed by atoms with Gasteiger partial charge < -0.3 is 5.32 Å². The maximum Gasteiger partial charge on any atom is 0.239 e. The normalized spacial score (nSPS) is 11.7. The molecular weight excluding hydrogens is 347 g/mol. The van der Waals surface area contributed by atoms with Crippen LogP contribution in [0.25, 0.3) is 0 Å². The van der Waals surface area contributed by atoms with Crippen LogP contribution in [0.1, 0.15) is 26.7 Å². The molecule has 1 N–H and O–H groups in total. The highest BCUT2D eigenvalue weighted by Crippen LogP contribution is 2.29. The SMILES string of the molecule is CCCCS(=O)(=O)N(CC)CC(=O)Nc1c(Cl)cccc1Cl. The minimum Gasteiger partial charge on any atom is -0.322 e. The van der Waals surface area contributed by atoms with Crippen molar-refractivity contribution in [3.63, 3.8) is 0 Å². The van der Waals surface area contributed by atoms with E-state index in [1.165, 1.54) is 0 Å². The van der Waals surface area contributed by atoms with Crippen LogP contribution in [0.3, 0.4) is 0 Å². The standard InChI is InChI=1S/C14H20Cl2N2O3S/c1-3-5-9-22(20,21)18(4-2)10-13(19)17-14-11(15)7-6-8-12(14)16/h6-8H,3-5,9-10H2,1-2H3,(H,17,19). The number of carbonyl (C=O) groups is 1. The average molecular weight is 367 g/mol. The summed E-state index contributed by atoms with van der Waals surface area (Å²) in [7, 11) is -3.44. The quantitative estimate of drug-likeness (QED) is 0.766. The van der Waals surface area contributed by atoms with Gasteiger partial charge in [-0.15, -0.1) is 0 Å². The van der Waals surface area contributed by atoms with Gasteiger partial charge in [0.2, 0.25) is 15.9 Å². The fourth-order valence-electron chi connectivity index (χ4n) is 1.82. The first-order valence-corrected chi connectivity index (χ1v) is 9.40. The van der Waals surface area contributed by atoms with Crippen LogP contribution in [0.4, 0.5) is 5.69 Å². The molecule has 0 aromatic heterocycles. The maximum absolute atomic E-state index is 12.1. The Morgan fingerprint density at radius 2 is 1.82 bits per heavy atom. The molecule has 124 valence electrons. The third-order valence-electron chi connectivity index (χ3n) is 3.05. The Morgan fingerprint density at radius 3 is 2.32 bits per heavy atom. The molecule has 1 rings (SSSR count). The number of anilines is 1. The summed E-state index contributed by atoms with van der Waals surface area (Å²) in [6.45, 7) is 3.58. The zero-order valence-corrected chi connectivity index (χ0v) is 14.9. The van der Waals surface area contributed by atoms with E-state index in [0.717, 1.165) is 10.7 Å². The smallest absolute Gasteiger partial charge is 0.239 e. The van der Waals surface area contributed by atoms with Crippen molar-refractivity contribution in [3.05, 3.63) is 28.2 Å². The molecule has 1 amide bonds. The summed E-state index contributed by atoms with van der Waals surface area (Å²) < 4.78 is 25.4.